The standard InChI is InChI=1S/C16H10F4O2/c17-14-4-2-1-3-11(14)12-9-10(6-8-15(21)22)5-7-13(12)16(18,19)20/h1-9H,(H,21,22)/b8-6+. The van der Waals surface area contributed by atoms with Gasteiger partial charge in [-0.3, -0.25) is 0 Å². The Hall–Kier alpha value is -2.63. The van der Waals surface area contributed by atoms with E-state index in [0.29, 0.717) is 0 Å². The maximum Gasteiger partial charge on any atom is 0.417 e. The Kier molecular flexibility index (Phi) is 4.30. The Morgan fingerprint density at radius 1 is 1.05 bits per heavy atom. The van der Waals surface area contributed by atoms with E-state index in [1.165, 1.54) is 18.2 Å². The molecular weight excluding hydrogens is 300 g/mol. The van der Waals surface area contributed by atoms with Crippen LogP contribution in [0.1, 0.15) is 11.1 Å². The fraction of sp³-hybridized carbons (Fsp3) is 0.0625. The van der Waals surface area contributed by atoms with Crippen LogP contribution in [0.4, 0.5) is 17.6 Å². The lowest BCUT2D eigenvalue weighted by Gasteiger charge is -2.14. The molecule has 0 aliphatic rings. The van der Waals surface area contributed by atoms with Gasteiger partial charge >= 0.3 is 12.1 Å². The molecule has 0 aliphatic heterocycles. The van der Waals surface area contributed by atoms with Crippen LogP contribution in [0.5, 0.6) is 0 Å². The molecule has 0 amide bonds. The summed E-state index contributed by atoms with van der Waals surface area (Å²) in [6.45, 7) is 0. The molecule has 0 bridgehead atoms. The summed E-state index contributed by atoms with van der Waals surface area (Å²) in [7, 11) is 0. The van der Waals surface area contributed by atoms with Crippen molar-refractivity contribution in [1.29, 1.82) is 0 Å². The predicted octanol–water partition coefficient (Wildman–Crippen LogP) is 4.61. The van der Waals surface area contributed by atoms with Crippen LogP contribution in [0.3, 0.4) is 0 Å². The number of carbonyl (C=O) groups is 1. The lowest BCUT2D eigenvalue weighted by molar-refractivity contribution is -0.137. The second-order valence-corrected chi connectivity index (χ2v) is 4.45. The van der Waals surface area contributed by atoms with E-state index in [4.69, 9.17) is 5.11 Å². The average Bonchev–Trinajstić information content (AvgIpc) is 2.44. The Morgan fingerprint density at radius 3 is 2.32 bits per heavy atom. The van der Waals surface area contributed by atoms with Crippen molar-refractivity contribution >= 4 is 12.0 Å². The third-order valence-electron chi connectivity index (χ3n) is 2.93. The average molecular weight is 310 g/mol. The largest absolute Gasteiger partial charge is 0.478 e. The van der Waals surface area contributed by atoms with Crippen LogP contribution in [0.25, 0.3) is 17.2 Å². The SMILES string of the molecule is O=C(O)/C=C/c1ccc(C(F)(F)F)c(-c2ccccc2F)c1. The van der Waals surface area contributed by atoms with Gasteiger partial charge < -0.3 is 5.11 Å². The van der Waals surface area contributed by atoms with Crippen molar-refractivity contribution in [3.05, 3.63) is 65.5 Å². The lowest BCUT2D eigenvalue weighted by atomic mass is 9.96. The third-order valence-corrected chi connectivity index (χ3v) is 2.93. The number of carboxylic acid groups (broad SMARTS) is 1. The van der Waals surface area contributed by atoms with Crippen molar-refractivity contribution in [3.63, 3.8) is 0 Å². The van der Waals surface area contributed by atoms with E-state index in [1.54, 1.807) is 0 Å². The van der Waals surface area contributed by atoms with Crippen molar-refractivity contribution in [3.8, 4) is 11.1 Å². The number of alkyl halides is 3. The van der Waals surface area contributed by atoms with Gasteiger partial charge in [-0.05, 0) is 35.4 Å². The molecule has 1 N–H and O–H groups in total. The van der Waals surface area contributed by atoms with Crippen molar-refractivity contribution in [2.24, 2.45) is 0 Å². The number of benzene rings is 2. The molecule has 0 spiro atoms. The van der Waals surface area contributed by atoms with E-state index < -0.39 is 23.5 Å². The van der Waals surface area contributed by atoms with Gasteiger partial charge in [0.25, 0.3) is 0 Å². The van der Waals surface area contributed by atoms with E-state index in [9.17, 15) is 22.4 Å². The number of hydrogen-bond acceptors (Lipinski definition) is 1. The highest BCUT2D eigenvalue weighted by Gasteiger charge is 2.34. The molecule has 0 saturated carbocycles. The van der Waals surface area contributed by atoms with E-state index >= 15 is 0 Å². The van der Waals surface area contributed by atoms with Gasteiger partial charge in [-0.25, -0.2) is 9.18 Å². The Balaban J connectivity index is 2.64. The molecule has 2 aromatic rings. The van der Waals surface area contributed by atoms with E-state index in [2.05, 4.69) is 0 Å². The summed E-state index contributed by atoms with van der Waals surface area (Å²) < 4.78 is 53.0. The molecule has 2 nitrogen and oxygen atoms in total. The van der Waals surface area contributed by atoms with Crippen LogP contribution in [0, 0.1) is 5.82 Å². The van der Waals surface area contributed by atoms with Gasteiger partial charge in [0.05, 0.1) is 5.56 Å². The minimum absolute atomic E-state index is 0.194. The highest BCUT2D eigenvalue weighted by Crippen LogP contribution is 2.38. The van der Waals surface area contributed by atoms with Crippen molar-refractivity contribution in [2.75, 3.05) is 0 Å². The zero-order valence-electron chi connectivity index (χ0n) is 11.1. The molecule has 114 valence electrons. The number of carboxylic acids is 1. The molecule has 0 saturated heterocycles. The molecule has 0 radical (unpaired) electrons. The Morgan fingerprint density at radius 2 is 1.73 bits per heavy atom. The molecule has 0 atom stereocenters. The number of aliphatic carboxylic acids is 1. The molecule has 0 aliphatic carbocycles. The maximum atomic E-state index is 13.8. The van der Waals surface area contributed by atoms with Gasteiger partial charge in [0.2, 0.25) is 0 Å². The van der Waals surface area contributed by atoms with Crippen molar-refractivity contribution in [2.45, 2.75) is 6.18 Å². The monoisotopic (exact) mass is 310 g/mol. The van der Waals surface area contributed by atoms with Crippen LogP contribution in [0.2, 0.25) is 0 Å². The third kappa shape index (κ3) is 3.52. The van der Waals surface area contributed by atoms with Gasteiger partial charge in [0.15, 0.2) is 0 Å². The summed E-state index contributed by atoms with van der Waals surface area (Å²) >= 11 is 0. The molecule has 0 unspecified atom stereocenters. The topological polar surface area (TPSA) is 37.3 Å². The first-order valence-electron chi connectivity index (χ1n) is 6.16. The molecular formula is C16H10F4O2. The predicted molar refractivity (Wildman–Crippen MR) is 73.5 cm³/mol. The summed E-state index contributed by atoms with van der Waals surface area (Å²) in [6.07, 6.45) is -2.70. The van der Waals surface area contributed by atoms with Gasteiger partial charge in [-0.1, -0.05) is 24.3 Å². The second kappa shape index (κ2) is 6.01. The van der Waals surface area contributed by atoms with Crippen LogP contribution in [0.15, 0.2) is 48.5 Å². The number of rotatable bonds is 3. The van der Waals surface area contributed by atoms with Crippen molar-refractivity contribution < 1.29 is 27.5 Å². The van der Waals surface area contributed by atoms with E-state index in [1.807, 2.05) is 0 Å². The van der Waals surface area contributed by atoms with Gasteiger partial charge in [0.1, 0.15) is 5.82 Å². The Labute approximate surface area is 123 Å². The zero-order chi connectivity index (χ0) is 16.3. The van der Waals surface area contributed by atoms with Gasteiger partial charge in [-0.2, -0.15) is 13.2 Å². The fourth-order valence-corrected chi connectivity index (χ4v) is 1.98. The molecule has 0 aromatic heterocycles. The smallest absolute Gasteiger partial charge is 0.417 e. The van der Waals surface area contributed by atoms with E-state index in [-0.39, 0.29) is 16.7 Å². The quantitative estimate of drug-likeness (QED) is 0.664. The summed E-state index contributed by atoms with van der Waals surface area (Å²) in [6, 6.07) is 8.16. The van der Waals surface area contributed by atoms with Crippen molar-refractivity contribution in [1.82, 2.24) is 0 Å². The summed E-state index contributed by atoms with van der Waals surface area (Å²) in [5.74, 6) is -2.01. The first kappa shape index (κ1) is 15.8. The minimum atomic E-state index is -4.65. The number of halogens is 4. The normalized spacial score (nSPS) is 11.8. The van der Waals surface area contributed by atoms with Gasteiger partial charge in [-0.15, -0.1) is 0 Å². The molecule has 2 aromatic carbocycles. The van der Waals surface area contributed by atoms with Crippen LogP contribution in [-0.2, 0) is 11.0 Å². The summed E-state index contributed by atoms with van der Waals surface area (Å²) in [5.41, 5.74) is -1.28. The minimum Gasteiger partial charge on any atom is -0.478 e. The van der Waals surface area contributed by atoms with Crippen LogP contribution >= 0.6 is 0 Å². The number of hydrogen-bond donors (Lipinski definition) is 1. The van der Waals surface area contributed by atoms with Crippen LogP contribution < -0.4 is 0 Å². The molecule has 2 rings (SSSR count). The summed E-state index contributed by atoms with van der Waals surface area (Å²) in [5, 5.41) is 8.56. The highest BCUT2D eigenvalue weighted by molar-refractivity contribution is 5.86. The first-order valence-corrected chi connectivity index (χ1v) is 6.16. The molecule has 0 heterocycles. The zero-order valence-corrected chi connectivity index (χ0v) is 11.1. The van der Waals surface area contributed by atoms with E-state index in [0.717, 1.165) is 36.4 Å². The maximum absolute atomic E-state index is 13.8. The Bertz CT molecular complexity index is 733. The molecule has 22 heavy (non-hydrogen) atoms. The molecule has 0 fully saturated rings. The first-order chi connectivity index (χ1) is 10.3. The fourth-order valence-electron chi connectivity index (χ4n) is 1.98. The van der Waals surface area contributed by atoms with Gasteiger partial charge in [0, 0.05) is 11.6 Å². The summed E-state index contributed by atoms with van der Waals surface area (Å²) in [4.78, 5) is 10.5. The van der Waals surface area contributed by atoms with Crippen LogP contribution in [-0.4, -0.2) is 11.1 Å². The second-order valence-electron chi connectivity index (χ2n) is 4.45. The lowest BCUT2D eigenvalue weighted by Crippen LogP contribution is -2.07. The highest BCUT2D eigenvalue weighted by atomic mass is 19.4. The molecule has 6 heteroatoms.